The van der Waals surface area contributed by atoms with Gasteiger partial charge in [0.05, 0.1) is 36.9 Å². The Kier molecular flexibility index (Phi) is 5.33. The minimum Gasteiger partial charge on any atom is -0.360 e. The summed E-state index contributed by atoms with van der Waals surface area (Å²) in [5, 5.41) is 3.40. The predicted molar refractivity (Wildman–Crippen MR) is 94.3 cm³/mol. The van der Waals surface area contributed by atoms with Gasteiger partial charge in [-0.05, 0) is 36.4 Å². The van der Waals surface area contributed by atoms with Crippen LogP contribution in [0.25, 0.3) is 0 Å². The second-order valence-corrected chi connectivity index (χ2v) is 6.33. The van der Waals surface area contributed by atoms with E-state index in [0.717, 1.165) is 31.9 Å². The fourth-order valence-corrected chi connectivity index (χ4v) is 3.08. The van der Waals surface area contributed by atoms with E-state index in [2.05, 4.69) is 10.2 Å². The number of hydrogen-bond donors (Lipinski definition) is 2. The first-order chi connectivity index (χ1) is 11.6. The number of rotatable bonds is 4. The average Bonchev–Trinajstić information content (AvgIpc) is 2.58. The maximum absolute atomic E-state index is 13.0. The minimum atomic E-state index is -0.223. The first kappa shape index (κ1) is 16.7. The molecule has 1 heterocycles. The second kappa shape index (κ2) is 7.64. The lowest BCUT2D eigenvalue weighted by Gasteiger charge is -2.33. The van der Waals surface area contributed by atoms with E-state index in [-0.39, 0.29) is 11.7 Å². The van der Waals surface area contributed by atoms with Crippen molar-refractivity contribution in [1.82, 2.24) is 0 Å². The van der Waals surface area contributed by atoms with Crippen LogP contribution in [0.5, 0.6) is 0 Å². The average molecular weight is 349 g/mol. The number of carbonyl (C=O) groups is 1. The minimum absolute atomic E-state index is 0.0340. The molecule has 3 rings (SSSR count). The van der Waals surface area contributed by atoms with Crippen molar-refractivity contribution in [3.05, 3.63) is 59.4 Å². The molecule has 0 aliphatic carbocycles. The summed E-state index contributed by atoms with van der Waals surface area (Å²) in [6.45, 7) is 3.85. The summed E-state index contributed by atoms with van der Waals surface area (Å²) in [5.41, 5.74) is 1.67. The molecule has 0 radical (unpaired) electrons. The number of halogens is 2. The number of piperazine rings is 1. The molecule has 0 saturated carbocycles. The van der Waals surface area contributed by atoms with Gasteiger partial charge < -0.3 is 15.1 Å². The summed E-state index contributed by atoms with van der Waals surface area (Å²) in [6, 6.07) is 13.8. The van der Waals surface area contributed by atoms with Gasteiger partial charge in [-0.15, -0.1) is 0 Å². The quantitative estimate of drug-likeness (QED) is 0.884. The number of amides is 1. The van der Waals surface area contributed by atoms with Crippen LogP contribution in [-0.4, -0.2) is 38.6 Å². The van der Waals surface area contributed by atoms with Gasteiger partial charge in [0.25, 0.3) is 5.91 Å². The van der Waals surface area contributed by atoms with E-state index in [4.69, 9.17) is 11.6 Å². The SMILES string of the molecule is O=C(C[NH+]1CCN(c2ccc(F)cc2)CC1)Nc1ccccc1Cl. The van der Waals surface area contributed by atoms with Gasteiger partial charge in [0, 0.05) is 5.69 Å². The molecular weight excluding hydrogens is 329 g/mol. The van der Waals surface area contributed by atoms with Gasteiger partial charge >= 0.3 is 0 Å². The molecule has 24 heavy (non-hydrogen) atoms. The number of para-hydroxylation sites is 1. The molecule has 2 aromatic carbocycles. The number of nitrogens with zero attached hydrogens (tertiary/aromatic N) is 1. The van der Waals surface area contributed by atoms with Crippen LogP contribution in [0.15, 0.2) is 48.5 Å². The Morgan fingerprint density at radius 2 is 1.79 bits per heavy atom. The molecule has 0 aromatic heterocycles. The molecule has 1 amide bonds. The third-order valence-electron chi connectivity index (χ3n) is 4.22. The van der Waals surface area contributed by atoms with Crippen LogP contribution in [0.4, 0.5) is 15.8 Å². The largest absolute Gasteiger partial charge is 0.360 e. The molecule has 4 nitrogen and oxygen atoms in total. The van der Waals surface area contributed by atoms with Gasteiger partial charge in [-0.1, -0.05) is 23.7 Å². The van der Waals surface area contributed by atoms with Gasteiger partial charge in [0.15, 0.2) is 6.54 Å². The van der Waals surface area contributed by atoms with Gasteiger partial charge in [0.1, 0.15) is 5.82 Å². The fourth-order valence-electron chi connectivity index (χ4n) is 2.89. The summed E-state index contributed by atoms with van der Waals surface area (Å²) >= 11 is 6.05. The highest BCUT2D eigenvalue weighted by atomic mass is 35.5. The van der Waals surface area contributed by atoms with E-state index in [1.807, 2.05) is 12.1 Å². The number of carbonyl (C=O) groups excluding carboxylic acids is 1. The Morgan fingerprint density at radius 1 is 1.12 bits per heavy atom. The highest BCUT2D eigenvalue weighted by Crippen LogP contribution is 2.20. The normalized spacial score (nSPS) is 15.3. The number of quaternary nitrogens is 1. The van der Waals surface area contributed by atoms with Crippen molar-refractivity contribution in [2.24, 2.45) is 0 Å². The molecule has 0 bridgehead atoms. The molecule has 0 atom stereocenters. The lowest BCUT2D eigenvalue weighted by molar-refractivity contribution is -0.892. The highest BCUT2D eigenvalue weighted by Gasteiger charge is 2.22. The van der Waals surface area contributed by atoms with Gasteiger partial charge in [-0.2, -0.15) is 0 Å². The lowest BCUT2D eigenvalue weighted by Crippen LogP contribution is -3.15. The zero-order valence-corrected chi connectivity index (χ0v) is 14.0. The van der Waals surface area contributed by atoms with Crippen LogP contribution < -0.4 is 15.1 Å². The lowest BCUT2D eigenvalue weighted by atomic mass is 10.2. The van der Waals surface area contributed by atoms with Gasteiger partial charge in [0.2, 0.25) is 0 Å². The van der Waals surface area contributed by atoms with E-state index >= 15 is 0 Å². The monoisotopic (exact) mass is 348 g/mol. The van der Waals surface area contributed by atoms with Crippen molar-refractivity contribution < 1.29 is 14.1 Å². The summed E-state index contributed by atoms with van der Waals surface area (Å²) in [4.78, 5) is 15.6. The van der Waals surface area contributed by atoms with Crippen molar-refractivity contribution >= 4 is 28.9 Å². The van der Waals surface area contributed by atoms with Crippen LogP contribution in [0.3, 0.4) is 0 Å². The van der Waals surface area contributed by atoms with Crippen molar-refractivity contribution in [3.63, 3.8) is 0 Å². The molecule has 126 valence electrons. The maximum atomic E-state index is 13.0. The third kappa shape index (κ3) is 4.24. The van der Waals surface area contributed by atoms with Crippen LogP contribution >= 0.6 is 11.6 Å². The maximum Gasteiger partial charge on any atom is 0.279 e. The fraction of sp³-hybridized carbons (Fsp3) is 0.278. The summed E-state index contributed by atoms with van der Waals surface area (Å²) < 4.78 is 13.0. The van der Waals surface area contributed by atoms with Crippen molar-refractivity contribution in [3.8, 4) is 0 Å². The third-order valence-corrected chi connectivity index (χ3v) is 4.55. The Labute approximate surface area is 145 Å². The van der Waals surface area contributed by atoms with Crippen LogP contribution in [0.2, 0.25) is 5.02 Å². The number of benzene rings is 2. The molecule has 1 aliphatic rings. The van der Waals surface area contributed by atoms with Crippen LogP contribution in [-0.2, 0) is 4.79 Å². The van der Waals surface area contributed by atoms with Gasteiger partial charge in [-0.25, -0.2) is 4.39 Å². The Bertz CT molecular complexity index is 700. The molecule has 2 N–H and O–H groups in total. The Hall–Kier alpha value is -2.11. The van der Waals surface area contributed by atoms with E-state index in [9.17, 15) is 9.18 Å². The zero-order chi connectivity index (χ0) is 16.9. The molecule has 0 unspecified atom stereocenters. The molecule has 1 fully saturated rings. The molecule has 2 aromatic rings. The Balaban J connectivity index is 1.49. The zero-order valence-electron chi connectivity index (χ0n) is 13.3. The Morgan fingerprint density at radius 3 is 2.46 bits per heavy atom. The first-order valence-corrected chi connectivity index (χ1v) is 8.38. The molecule has 1 saturated heterocycles. The van der Waals surface area contributed by atoms with Crippen LogP contribution in [0.1, 0.15) is 0 Å². The van der Waals surface area contributed by atoms with Gasteiger partial charge in [-0.3, -0.25) is 4.79 Å². The number of hydrogen-bond acceptors (Lipinski definition) is 2. The highest BCUT2D eigenvalue weighted by molar-refractivity contribution is 6.33. The number of anilines is 2. The molecule has 1 aliphatic heterocycles. The van der Waals surface area contributed by atoms with Crippen molar-refractivity contribution in [1.29, 1.82) is 0 Å². The van der Waals surface area contributed by atoms with E-state index in [1.54, 1.807) is 24.3 Å². The summed E-state index contributed by atoms with van der Waals surface area (Å²) in [6.07, 6.45) is 0. The van der Waals surface area contributed by atoms with Crippen molar-refractivity contribution in [2.45, 2.75) is 0 Å². The van der Waals surface area contributed by atoms with E-state index in [1.165, 1.54) is 17.0 Å². The van der Waals surface area contributed by atoms with Crippen LogP contribution in [0, 0.1) is 5.82 Å². The number of nitrogens with one attached hydrogen (secondary N) is 2. The second-order valence-electron chi connectivity index (χ2n) is 5.92. The predicted octanol–water partition coefficient (Wildman–Crippen LogP) is 1.82. The smallest absolute Gasteiger partial charge is 0.279 e. The standard InChI is InChI=1S/C18H19ClFN3O/c19-16-3-1-2-4-17(16)21-18(24)13-22-9-11-23(12-10-22)15-7-5-14(20)6-8-15/h1-8H,9-13H2,(H,21,24)/p+1. The van der Waals surface area contributed by atoms with E-state index < -0.39 is 0 Å². The topological polar surface area (TPSA) is 36.8 Å². The summed E-state index contributed by atoms with van der Waals surface area (Å²) in [7, 11) is 0. The first-order valence-electron chi connectivity index (χ1n) is 8.00. The summed E-state index contributed by atoms with van der Waals surface area (Å²) in [5.74, 6) is -0.257. The molecular formula is C18H20ClFN3O+. The molecule has 6 heteroatoms. The van der Waals surface area contributed by atoms with Crippen molar-refractivity contribution in [2.75, 3.05) is 42.9 Å². The van der Waals surface area contributed by atoms with E-state index in [0.29, 0.717) is 17.3 Å². The molecule has 0 spiro atoms.